The van der Waals surface area contributed by atoms with Gasteiger partial charge < -0.3 is 20.2 Å². The van der Waals surface area contributed by atoms with E-state index in [4.69, 9.17) is 0 Å². The number of carbonyl (C=O) groups excluding carboxylic acids is 1. The molecule has 5 nitrogen and oxygen atoms in total. The van der Waals surface area contributed by atoms with Gasteiger partial charge in [0.15, 0.2) is 6.04 Å². The van der Waals surface area contributed by atoms with Crippen LogP contribution in [0, 0.1) is 5.82 Å². The maximum atomic E-state index is 12.9. The van der Waals surface area contributed by atoms with Gasteiger partial charge in [0.2, 0.25) is 0 Å². The first kappa shape index (κ1) is 19.2. The van der Waals surface area contributed by atoms with E-state index in [9.17, 15) is 14.3 Å². The highest BCUT2D eigenvalue weighted by Crippen LogP contribution is 2.25. The summed E-state index contributed by atoms with van der Waals surface area (Å²) < 4.78 is 12.9. The Bertz CT molecular complexity index is 758. The van der Waals surface area contributed by atoms with Crippen LogP contribution in [0.4, 0.5) is 10.1 Å². The fourth-order valence-corrected chi connectivity index (χ4v) is 3.52. The Morgan fingerprint density at radius 3 is 2.52 bits per heavy atom. The van der Waals surface area contributed by atoms with Crippen LogP contribution in [0.2, 0.25) is 0 Å². The van der Waals surface area contributed by atoms with Gasteiger partial charge in [0.05, 0.1) is 31.9 Å². The van der Waals surface area contributed by atoms with E-state index in [0.717, 1.165) is 37.4 Å². The van der Waals surface area contributed by atoms with Crippen molar-refractivity contribution in [2.75, 3.05) is 37.6 Å². The van der Waals surface area contributed by atoms with Crippen LogP contribution < -0.4 is 15.1 Å². The predicted octanol–water partition coefficient (Wildman–Crippen LogP) is 0.984. The van der Waals surface area contributed by atoms with E-state index < -0.39 is 0 Å². The van der Waals surface area contributed by atoms with E-state index >= 15 is 0 Å². The number of hydrogen-bond acceptors (Lipinski definition) is 3. The fourth-order valence-electron chi connectivity index (χ4n) is 3.52. The minimum atomic E-state index is -0.247. The molecule has 1 atom stereocenters. The standard InChI is InChI=1S/C21H26FN3O2/c1-16(21(27)23-11-10-17-6-8-18(22)9-7-17)24-12-14-25(15-13-24)19-4-2-3-5-20(19)26/h2-9,16,26H,10-15H2,1H3,(H,23,27)/p+1/t16-/m0/s1. The monoisotopic (exact) mass is 372 g/mol. The first-order valence-electron chi connectivity index (χ1n) is 9.44. The number of benzene rings is 2. The molecule has 0 bridgehead atoms. The third kappa shape index (κ3) is 4.98. The number of para-hydroxylation sites is 2. The van der Waals surface area contributed by atoms with Crippen LogP contribution in [0.5, 0.6) is 5.75 Å². The molecule has 0 spiro atoms. The Balaban J connectivity index is 1.44. The number of halogens is 1. The molecule has 0 radical (unpaired) electrons. The summed E-state index contributed by atoms with van der Waals surface area (Å²) in [4.78, 5) is 15.9. The fraction of sp³-hybridized carbons (Fsp3) is 0.381. The van der Waals surface area contributed by atoms with Gasteiger partial charge in [0, 0.05) is 6.54 Å². The molecule has 0 unspecified atom stereocenters. The maximum absolute atomic E-state index is 12.9. The zero-order valence-electron chi connectivity index (χ0n) is 15.6. The number of phenolic OH excluding ortho intramolecular Hbond substituents is 1. The summed E-state index contributed by atoms with van der Waals surface area (Å²) in [5, 5.41) is 13.0. The molecule has 6 heteroatoms. The van der Waals surface area contributed by atoms with E-state index in [1.165, 1.54) is 17.0 Å². The van der Waals surface area contributed by atoms with Gasteiger partial charge in [-0.15, -0.1) is 0 Å². The molecule has 1 heterocycles. The Morgan fingerprint density at radius 2 is 1.85 bits per heavy atom. The van der Waals surface area contributed by atoms with Gasteiger partial charge in [0.1, 0.15) is 11.6 Å². The highest BCUT2D eigenvalue weighted by atomic mass is 19.1. The van der Waals surface area contributed by atoms with Crippen LogP contribution in [0.15, 0.2) is 48.5 Å². The van der Waals surface area contributed by atoms with Crippen LogP contribution in [-0.4, -0.2) is 49.8 Å². The van der Waals surface area contributed by atoms with E-state index in [1.54, 1.807) is 18.2 Å². The van der Waals surface area contributed by atoms with Crippen molar-refractivity contribution in [1.29, 1.82) is 0 Å². The van der Waals surface area contributed by atoms with Crippen molar-refractivity contribution in [3.05, 3.63) is 59.9 Å². The lowest BCUT2D eigenvalue weighted by molar-refractivity contribution is -0.914. The number of nitrogens with zero attached hydrogens (tertiary/aromatic N) is 1. The SMILES string of the molecule is C[C@@H](C(=O)NCCc1ccc(F)cc1)[NH+]1CCN(c2ccccc2O)CC1. The van der Waals surface area contributed by atoms with E-state index in [2.05, 4.69) is 10.2 Å². The van der Waals surface area contributed by atoms with Gasteiger partial charge in [-0.05, 0) is 43.2 Å². The number of anilines is 1. The van der Waals surface area contributed by atoms with Crippen LogP contribution in [0.25, 0.3) is 0 Å². The molecule has 1 fully saturated rings. The average Bonchev–Trinajstić information content (AvgIpc) is 2.69. The second-order valence-electron chi connectivity index (χ2n) is 7.02. The van der Waals surface area contributed by atoms with Crippen molar-refractivity contribution in [3.8, 4) is 5.75 Å². The lowest BCUT2D eigenvalue weighted by Gasteiger charge is -2.36. The highest BCUT2D eigenvalue weighted by molar-refractivity contribution is 5.79. The molecule has 1 aliphatic heterocycles. The summed E-state index contributed by atoms with van der Waals surface area (Å²) >= 11 is 0. The number of aromatic hydroxyl groups is 1. The molecule has 3 rings (SSSR count). The quantitative estimate of drug-likeness (QED) is 0.709. The maximum Gasteiger partial charge on any atom is 0.278 e. The Morgan fingerprint density at radius 1 is 1.19 bits per heavy atom. The lowest BCUT2D eigenvalue weighted by atomic mass is 10.1. The molecule has 2 aromatic rings. The normalized spacial score (nSPS) is 16.1. The number of nitrogens with one attached hydrogen (secondary N) is 2. The summed E-state index contributed by atoms with van der Waals surface area (Å²) in [6.45, 7) is 5.81. The Hall–Kier alpha value is -2.60. The van der Waals surface area contributed by atoms with Crippen molar-refractivity contribution in [2.45, 2.75) is 19.4 Å². The average molecular weight is 372 g/mol. The number of hydrogen-bond donors (Lipinski definition) is 3. The van der Waals surface area contributed by atoms with Gasteiger partial charge in [-0.1, -0.05) is 24.3 Å². The molecule has 0 aliphatic carbocycles. The molecule has 2 aromatic carbocycles. The van der Waals surface area contributed by atoms with Gasteiger partial charge in [-0.25, -0.2) is 4.39 Å². The molecule has 1 aliphatic rings. The molecule has 1 saturated heterocycles. The predicted molar refractivity (Wildman–Crippen MR) is 104 cm³/mol. The van der Waals surface area contributed by atoms with Gasteiger partial charge in [-0.2, -0.15) is 0 Å². The Kier molecular flexibility index (Phi) is 6.29. The summed E-state index contributed by atoms with van der Waals surface area (Å²) in [6.07, 6.45) is 0.690. The minimum Gasteiger partial charge on any atom is -0.506 e. The second kappa shape index (κ2) is 8.86. The van der Waals surface area contributed by atoms with E-state index in [0.29, 0.717) is 18.7 Å². The molecule has 27 heavy (non-hydrogen) atoms. The number of amides is 1. The minimum absolute atomic E-state index is 0.0446. The number of phenols is 1. The van der Waals surface area contributed by atoms with Crippen molar-refractivity contribution < 1.29 is 19.2 Å². The van der Waals surface area contributed by atoms with Crippen LogP contribution in [-0.2, 0) is 11.2 Å². The van der Waals surface area contributed by atoms with Gasteiger partial charge in [-0.3, -0.25) is 4.79 Å². The molecule has 0 saturated carbocycles. The number of rotatable bonds is 6. The number of piperazine rings is 1. The second-order valence-corrected chi connectivity index (χ2v) is 7.02. The number of carbonyl (C=O) groups is 1. The first-order chi connectivity index (χ1) is 13.0. The summed E-state index contributed by atoms with van der Waals surface area (Å²) in [5.41, 5.74) is 1.86. The van der Waals surface area contributed by atoms with Gasteiger partial charge in [0.25, 0.3) is 5.91 Å². The van der Waals surface area contributed by atoms with Crippen molar-refractivity contribution in [1.82, 2.24) is 5.32 Å². The highest BCUT2D eigenvalue weighted by Gasteiger charge is 2.29. The molecule has 0 aromatic heterocycles. The third-order valence-corrected chi connectivity index (χ3v) is 5.26. The van der Waals surface area contributed by atoms with Gasteiger partial charge >= 0.3 is 0 Å². The van der Waals surface area contributed by atoms with E-state index in [-0.39, 0.29) is 17.8 Å². The topological polar surface area (TPSA) is 57.0 Å². The van der Waals surface area contributed by atoms with Crippen LogP contribution >= 0.6 is 0 Å². The third-order valence-electron chi connectivity index (χ3n) is 5.26. The zero-order chi connectivity index (χ0) is 19.2. The van der Waals surface area contributed by atoms with Crippen LogP contribution in [0.3, 0.4) is 0 Å². The lowest BCUT2D eigenvalue weighted by Crippen LogP contribution is -3.19. The van der Waals surface area contributed by atoms with E-state index in [1.807, 2.05) is 25.1 Å². The molecule has 3 N–H and O–H groups in total. The molecule has 1 amide bonds. The summed E-state index contributed by atoms with van der Waals surface area (Å²) in [5.74, 6) is 0.0960. The zero-order valence-corrected chi connectivity index (χ0v) is 15.6. The van der Waals surface area contributed by atoms with Crippen LogP contribution in [0.1, 0.15) is 12.5 Å². The molecule has 144 valence electrons. The summed E-state index contributed by atoms with van der Waals surface area (Å²) in [6, 6.07) is 13.6. The Labute approximate surface area is 159 Å². The van der Waals surface area contributed by atoms with Crippen molar-refractivity contribution in [2.24, 2.45) is 0 Å². The summed E-state index contributed by atoms with van der Waals surface area (Å²) in [7, 11) is 0. The van der Waals surface area contributed by atoms with Crippen molar-refractivity contribution >= 4 is 11.6 Å². The van der Waals surface area contributed by atoms with Crippen molar-refractivity contribution in [3.63, 3.8) is 0 Å². The largest absolute Gasteiger partial charge is 0.506 e. The molecular formula is C21H27FN3O2+. The molecular weight excluding hydrogens is 345 g/mol. The first-order valence-corrected chi connectivity index (χ1v) is 9.44. The smallest absolute Gasteiger partial charge is 0.278 e. The number of quaternary nitrogens is 1.